The molecule has 0 saturated heterocycles. The lowest BCUT2D eigenvalue weighted by atomic mass is 10.1. The first kappa shape index (κ1) is 12.2. The van der Waals surface area contributed by atoms with Gasteiger partial charge < -0.3 is 5.32 Å². The van der Waals surface area contributed by atoms with Crippen molar-refractivity contribution in [2.45, 2.75) is 6.54 Å². The molecule has 2 aromatic heterocycles. The second-order valence-electron chi connectivity index (χ2n) is 4.25. The van der Waals surface area contributed by atoms with Crippen molar-refractivity contribution in [3.63, 3.8) is 0 Å². The summed E-state index contributed by atoms with van der Waals surface area (Å²) < 4.78 is 0. The molecule has 5 heteroatoms. The summed E-state index contributed by atoms with van der Waals surface area (Å²) in [5, 5.41) is 4.94. The third-order valence-corrected chi connectivity index (χ3v) is 2.97. The molecule has 0 atom stereocenters. The number of fused-ring (bicyclic) bond motifs is 1. The van der Waals surface area contributed by atoms with Gasteiger partial charge in [-0.25, -0.2) is 4.98 Å². The van der Waals surface area contributed by atoms with E-state index in [1.807, 2.05) is 30.3 Å². The molecule has 3 rings (SSSR count). The number of amides is 1. The molecule has 0 spiro atoms. The first-order valence-electron chi connectivity index (χ1n) is 6.21. The zero-order chi connectivity index (χ0) is 13.8. The van der Waals surface area contributed by atoms with Crippen LogP contribution in [0, 0.1) is 0 Å². The smallest absolute Gasteiger partial charge is 0.271 e. The Morgan fingerprint density at radius 1 is 1.05 bits per heavy atom. The summed E-state index contributed by atoms with van der Waals surface area (Å²) in [6.45, 7) is 0.358. The summed E-state index contributed by atoms with van der Waals surface area (Å²) in [5.74, 6) is -0.257. The highest BCUT2D eigenvalue weighted by Crippen LogP contribution is 2.15. The van der Waals surface area contributed by atoms with Crippen LogP contribution in [-0.4, -0.2) is 20.9 Å². The van der Waals surface area contributed by atoms with Crippen molar-refractivity contribution in [1.82, 2.24) is 20.3 Å². The van der Waals surface area contributed by atoms with Gasteiger partial charge >= 0.3 is 0 Å². The van der Waals surface area contributed by atoms with E-state index in [4.69, 9.17) is 0 Å². The van der Waals surface area contributed by atoms with Crippen LogP contribution in [0.15, 0.2) is 55.1 Å². The maximum absolute atomic E-state index is 11.9. The Bertz CT molecular complexity index is 738. The summed E-state index contributed by atoms with van der Waals surface area (Å²) >= 11 is 0. The molecule has 98 valence electrons. The topological polar surface area (TPSA) is 67.8 Å². The van der Waals surface area contributed by atoms with Gasteiger partial charge in [0.05, 0.1) is 18.4 Å². The zero-order valence-corrected chi connectivity index (χ0v) is 10.7. The van der Waals surface area contributed by atoms with Gasteiger partial charge in [0.2, 0.25) is 0 Å². The SMILES string of the molecule is O=C(NCc1nccc2ccccc12)c1cnccn1. The van der Waals surface area contributed by atoms with Crippen LogP contribution in [0.25, 0.3) is 10.8 Å². The largest absolute Gasteiger partial charge is 0.345 e. The van der Waals surface area contributed by atoms with E-state index in [0.717, 1.165) is 16.5 Å². The number of pyridine rings is 1. The lowest BCUT2D eigenvalue weighted by molar-refractivity contribution is 0.0945. The molecule has 0 saturated carbocycles. The molecule has 0 fully saturated rings. The fraction of sp³-hybridized carbons (Fsp3) is 0.0667. The number of carbonyl (C=O) groups excluding carboxylic acids is 1. The van der Waals surface area contributed by atoms with Crippen LogP contribution in [0.3, 0.4) is 0 Å². The van der Waals surface area contributed by atoms with Crippen molar-refractivity contribution in [1.29, 1.82) is 0 Å². The van der Waals surface area contributed by atoms with Crippen LogP contribution in [-0.2, 0) is 6.54 Å². The highest BCUT2D eigenvalue weighted by molar-refractivity contribution is 5.92. The predicted octanol–water partition coefficient (Wildman–Crippen LogP) is 1.95. The number of nitrogens with one attached hydrogen (secondary N) is 1. The quantitative estimate of drug-likeness (QED) is 0.785. The van der Waals surface area contributed by atoms with Crippen LogP contribution in [0.5, 0.6) is 0 Å². The van der Waals surface area contributed by atoms with Crippen LogP contribution in [0.2, 0.25) is 0 Å². The summed E-state index contributed by atoms with van der Waals surface area (Å²) in [6.07, 6.45) is 6.20. The van der Waals surface area contributed by atoms with Gasteiger partial charge in [0, 0.05) is 24.0 Å². The lowest BCUT2D eigenvalue weighted by Crippen LogP contribution is -2.24. The molecule has 0 aliphatic heterocycles. The van der Waals surface area contributed by atoms with E-state index in [1.54, 1.807) is 6.20 Å². The van der Waals surface area contributed by atoms with Gasteiger partial charge in [0.15, 0.2) is 0 Å². The third kappa shape index (κ3) is 2.47. The molecule has 1 aromatic carbocycles. The van der Waals surface area contributed by atoms with Crippen molar-refractivity contribution in [2.24, 2.45) is 0 Å². The van der Waals surface area contributed by atoms with Crippen molar-refractivity contribution in [2.75, 3.05) is 0 Å². The first-order valence-corrected chi connectivity index (χ1v) is 6.21. The second kappa shape index (κ2) is 5.44. The maximum atomic E-state index is 11.9. The van der Waals surface area contributed by atoms with Gasteiger partial charge in [-0.1, -0.05) is 24.3 Å². The monoisotopic (exact) mass is 264 g/mol. The average molecular weight is 264 g/mol. The van der Waals surface area contributed by atoms with E-state index in [1.165, 1.54) is 18.6 Å². The normalized spacial score (nSPS) is 10.4. The van der Waals surface area contributed by atoms with Crippen LogP contribution in [0.4, 0.5) is 0 Å². The molecule has 3 aromatic rings. The predicted molar refractivity (Wildman–Crippen MR) is 74.9 cm³/mol. The highest BCUT2D eigenvalue weighted by atomic mass is 16.1. The highest BCUT2D eigenvalue weighted by Gasteiger charge is 2.08. The number of hydrogen-bond acceptors (Lipinski definition) is 4. The minimum Gasteiger partial charge on any atom is -0.345 e. The molecule has 0 aliphatic rings. The number of rotatable bonds is 3. The summed E-state index contributed by atoms with van der Waals surface area (Å²) in [7, 11) is 0. The molecule has 0 radical (unpaired) electrons. The number of carbonyl (C=O) groups is 1. The number of hydrogen-bond donors (Lipinski definition) is 1. The fourth-order valence-electron chi connectivity index (χ4n) is 1.99. The Morgan fingerprint density at radius 2 is 1.95 bits per heavy atom. The van der Waals surface area contributed by atoms with Gasteiger partial charge in [-0.15, -0.1) is 0 Å². The lowest BCUT2D eigenvalue weighted by Gasteiger charge is -2.07. The molecule has 2 heterocycles. The maximum Gasteiger partial charge on any atom is 0.271 e. The van der Waals surface area contributed by atoms with E-state index in [2.05, 4.69) is 20.3 Å². The Kier molecular flexibility index (Phi) is 3.33. The average Bonchev–Trinajstić information content (AvgIpc) is 2.53. The molecule has 0 bridgehead atoms. The molecule has 0 unspecified atom stereocenters. The second-order valence-corrected chi connectivity index (χ2v) is 4.25. The number of aromatic nitrogens is 3. The van der Waals surface area contributed by atoms with Crippen LogP contribution >= 0.6 is 0 Å². The molecule has 0 aliphatic carbocycles. The van der Waals surface area contributed by atoms with Crippen LogP contribution < -0.4 is 5.32 Å². The molecule has 5 nitrogen and oxygen atoms in total. The van der Waals surface area contributed by atoms with Gasteiger partial charge in [-0.05, 0) is 11.5 Å². The van der Waals surface area contributed by atoms with Crippen molar-refractivity contribution in [3.8, 4) is 0 Å². The fourth-order valence-corrected chi connectivity index (χ4v) is 1.99. The Hall–Kier alpha value is -2.82. The minimum atomic E-state index is -0.257. The Labute approximate surface area is 115 Å². The zero-order valence-electron chi connectivity index (χ0n) is 10.7. The van der Waals surface area contributed by atoms with E-state index >= 15 is 0 Å². The van der Waals surface area contributed by atoms with Gasteiger partial charge in [0.25, 0.3) is 5.91 Å². The third-order valence-electron chi connectivity index (χ3n) is 2.97. The van der Waals surface area contributed by atoms with Gasteiger partial charge in [-0.2, -0.15) is 0 Å². The number of nitrogens with zero attached hydrogens (tertiary/aromatic N) is 3. The van der Waals surface area contributed by atoms with Crippen LogP contribution in [0.1, 0.15) is 16.2 Å². The molecule has 1 amide bonds. The molecular formula is C15H12N4O. The standard InChI is InChI=1S/C15H12N4O/c20-15(14-9-16-7-8-18-14)19-10-13-12-4-2-1-3-11(12)5-6-17-13/h1-9H,10H2,(H,19,20). The summed E-state index contributed by atoms with van der Waals surface area (Å²) in [4.78, 5) is 24.1. The molecule has 20 heavy (non-hydrogen) atoms. The number of benzene rings is 1. The van der Waals surface area contributed by atoms with Gasteiger partial charge in [-0.3, -0.25) is 14.8 Å². The Morgan fingerprint density at radius 3 is 2.80 bits per heavy atom. The van der Waals surface area contributed by atoms with E-state index in [0.29, 0.717) is 12.2 Å². The van der Waals surface area contributed by atoms with E-state index in [-0.39, 0.29) is 5.91 Å². The van der Waals surface area contributed by atoms with Crippen molar-refractivity contribution in [3.05, 3.63) is 66.5 Å². The van der Waals surface area contributed by atoms with Gasteiger partial charge in [0.1, 0.15) is 5.69 Å². The first-order chi connectivity index (χ1) is 9.84. The molecular weight excluding hydrogens is 252 g/mol. The summed E-state index contributed by atoms with van der Waals surface area (Å²) in [5.41, 5.74) is 1.13. The minimum absolute atomic E-state index is 0.257. The van der Waals surface area contributed by atoms with Crippen molar-refractivity contribution >= 4 is 16.7 Å². The molecule has 1 N–H and O–H groups in total. The van der Waals surface area contributed by atoms with E-state index < -0.39 is 0 Å². The Balaban J connectivity index is 1.79. The van der Waals surface area contributed by atoms with E-state index in [9.17, 15) is 4.79 Å². The van der Waals surface area contributed by atoms with Crippen molar-refractivity contribution < 1.29 is 4.79 Å². The summed E-state index contributed by atoms with van der Waals surface area (Å²) in [6, 6.07) is 9.89.